The lowest BCUT2D eigenvalue weighted by atomic mass is 10.1. The molecule has 0 saturated carbocycles. The van der Waals surface area contributed by atoms with Crippen LogP contribution in [0.25, 0.3) is 0 Å². The van der Waals surface area contributed by atoms with Gasteiger partial charge in [-0.3, -0.25) is 0 Å². The van der Waals surface area contributed by atoms with Crippen LogP contribution in [0, 0.1) is 19.7 Å². The van der Waals surface area contributed by atoms with Crippen LogP contribution in [-0.4, -0.2) is 5.11 Å². The average molecular weight is 295 g/mol. The van der Waals surface area contributed by atoms with Crippen LogP contribution in [0.2, 0.25) is 5.02 Å². The first-order chi connectivity index (χ1) is 9.38. The third-order valence-corrected chi connectivity index (χ3v) is 3.29. The highest BCUT2D eigenvalue weighted by atomic mass is 35.5. The highest BCUT2D eigenvalue weighted by molar-refractivity contribution is 6.30. The number of halogens is 2. The van der Waals surface area contributed by atoms with Crippen LogP contribution in [0.3, 0.4) is 0 Å². The Morgan fingerprint density at radius 2 is 1.75 bits per heavy atom. The molecule has 1 N–H and O–H groups in total. The number of rotatable bonds is 3. The summed E-state index contributed by atoms with van der Waals surface area (Å²) in [7, 11) is 0. The summed E-state index contributed by atoms with van der Waals surface area (Å²) >= 11 is 5.95. The van der Waals surface area contributed by atoms with Crippen LogP contribution in [0.15, 0.2) is 30.3 Å². The maximum atomic E-state index is 14.0. The van der Waals surface area contributed by atoms with Crippen molar-refractivity contribution < 1.29 is 14.2 Å². The van der Waals surface area contributed by atoms with Gasteiger partial charge in [0.2, 0.25) is 0 Å². The van der Waals surface area contributed by atoms with Gasteiger partial charge in [-0.2, -0.15) is 0 Å². The van der Waals surface area contributed by atoms with Crippen molar-refractivity contribution in [2.75, 3.05) is 0 Å². The normalized spacial score (nSPS) is 12.3. The Bertz CT molecular complexity index is 615. The molecule has 0 aliphatic heterocycles. The summed E-state index contributed by atoms with van der Waals surface area (Å²) in [6, 6.07) is 7.98. The minimum Gasteiger partial charge on any atom is -0.454 e. The molecular weight excluding hydrogens is 279 g/mol. The van der Waals surface area contributed by atoms with Gasteiger partial charge >= 0.3 is 0 Å². The van der Waals surface area contributed by atoms with Crippen molar-refractivity contribution >= 4 is 11.6 Å². The Labute approximate surface area is 122 Å². The number of aliphatic hydroxyl groups is 1. The average Bonchev–Trinajstić information content (AvgIpc) is 2.34. The standard InChI is InChI=1S/C16H16ClFO2/c1-9-6-13(17)7-10(2)16(9)20-15-5-4-12(11(3)19)8-14(15)18/h4-8,11,19H,1-3H3/t11-/m1/s1. The molecule has 0 unspecified atom stereocenters. The summed E-state index contributed by atoms with van der Waals surface area (Å²) in [5, 5.41) is 10.0. The number of benzene rings is 2. The molecule has 4 heteroatoms. The van der Waals surface area contributed by atoms with E-state index < -0.39 is 11.9 Å². The van der Waals surface area contributed by atoms with Gasteiger partial charge in [0, 0.05) is 5.02 Å². The van der Waals surface area contributed by atoms with E-state index in [-0.39, 0.29) is 5.75 Å². The summed E-state index contributed by atoms with van der Waals surface area (Å²) in [4.78, 5) is 0. The van der Waals surface area contributed by atoms with Gasteiger partial charge in [-0.25, -0.2) is 4.39 Å². The van der Waals surface area contributed by atoms with Gasteiger partial charge in [0.1, 0.15) is 5.75 Å². The van der Waals surface area contributed by atoms with Crippen LogP contribution in [0.1, 0.15) is 29.7 Å². The Hall–Kier alpha value is -1.58. The summed E-state index contributed by atoms with van der Waals surface area (Å²) in [5.74, 6) is 0.221. The van der Waals surface area contributed by atoms with E-state index >= 15 is 0 Å². The molecule has 0 spiro atoms. The predicted molar refractivity (Wildman–Crippen MR) is 78.0 cm³/mol. The monoisotopic (exact) mass is 294 g/mol. The zero-order chi connectivity index (χ0) is 14.9. The van der Waals surface area contributed by atoms with Gasteiger partial charge in [0.25, 0.3) is 0 Å². The third-order valence-electron chi connectivity index (χ3n) is 3.08. The summed E-state index contributed by atoms with van der Waals surface area (Å²) in [6.45, 7) is 5.30. The highest BCUT2D eigenvalue weighted by Crippen LogP contribution is 2.33. The number of hydrogen-bond donors (Lipinski definition) is 1. The van der Waals surface area contributed by atoms with Crippen molar-refractivity contribution in [1.29, 1.82) is 0 Å². The van der Waals surface area contributed by atoms with Crippen molar-refractivity contribution in [3.8, 4) is 11.5 Å². The van der Waals surface area contributed by atoms with E-state index in [2.05, 4.69) is 0 Å². The molecule has 0 saturated heterocycles. The first-order valence-electron chi connectivity index (χ1n) is 6.30. The van der Waals surface area contributed by atoms with Gasteiger partial charge in [0.05, 0.1) is 6.10 Å². The van der Waals surface area contributed by atoms with E-state index in [1.807, 2.05) is 13.8 Å². The predicted octanol–water partition coefficient (Wildman–Crippen LogP) is 4.94. The molecule has 0 bridgehead atoms. The molecule has 0 heterocycles. The fraction of sp³-hybridized carbons (Fsp3) is 0.250. The number of ether oxygens (including phenoxy) is 1. The van der Waals surface area contributed by atoms with Crippen LogP contribution >= 0.6 is 11.6 Å². The van der Waals surface area contributed by atoms with Crippen molar-refractivity contribution in [3.63, 3.8) is 0 Å². The molecule has 0 amide bonds. The SMILES string of the molecule is Cc1cc(Cl)cc(C)c1Oc1ccc([C@@H](C)O)cc1F. The van der Waals surface area contributed by atoms with Crippen LogP contribution in [0.4, 0.5) is 4.39 Å². The van der Waals surface area contributed by atoms with Gasteiger partial charge < -0.3 is 9.84 Å². The lowest BCUT2D eigenvalue weighted by Crippen LogP contribution is -1.96. The number of aliphatic hydroxyl groups excluding tert-OH is 1. The van der Waals surface area contributed by atoms with E-state index in [0.717, 1.165) is 11.1 Å². The highest BCUT2D eigenvalue weighted by Gasteiger charge is 2.12. The second-order valence-corrected chi connectivity index (χ2v) is 5.27. The molecule has 2 nitrogen and oxygen atoms in total. The van der Waals surface area contributed by atoms with E-state index in [0.29, 0.717) is 16.3 Å². The minimum absolute atomic E-state index is 0.128. The quantitative estimate of drug-likeness (QED) is 0.868. The molecule has 1 atom stereocenters. The van der Waals surface area contributed by atoms with Crippen LogP contribution in [0.5, 0.6) is 11.5 Å². The second-order valence-electron chi connectivity index (χ2n) is 4.84. The van der Waals surface area contributed by atoms with E-state index in [9.17, 15) is 9.50 Å². The Balaban J connectivity index is 2.36. The lowest BCUT2D eigenvalue weighted by Gasteiger charge is -2.14. The zero-order valence-corrected chi connectivity index (χ0v) is 12.3. The smallest absolute Gasteiger partial charge is 0.166 e. The molecule has 0 fully saturated rings. The minimum atomic E-state index is -0.711. The largest absolute Gasteiger partial charge is 0.454 e. The maximum Gasteiger partial charge on any atom is 0.166 e. The maximum absolute atomic E-state index is 14.0. The zero-order valence-electron chi connectivity index (χ0n) is 11.6. The van der Waals surface area contributed by atoms with E-state index in [1.54, 1.807) is 25.1 Å². The molecule has 2 aromatic carbocycles. The van der Waals surface area contributed by atoms with E-state index in [4.69, 9.17) is 16.3 Å². The van der Waals surface area contributed by atoms with Crippen molar-refractivity contribution in [2.45, 2.75) is 26.9 Å². The molecule has 2 rings (SSSR count). The number of hydrogen-bond acceptors (Lipinski definition) is 2. The van der Waals surface area contributed by atoms with Crippen LogP contribution in [-0.2, 0) is 0 Å². The Morgan fingerprint density at radius 1 is 1.15 bits per heavy atom. The molecule has 0 aromatic heterocycles. The molecular formula is C16H16ClFO2. The summed E-state index contributed by atoms with van der Waals surface area (Å²) in [6.07, 6.45) is -0.711. The molecule has 0 radical (unpaired) electrons. The van der Waals surface area contributed by atoms with Gasteiger partial charge in [-0.1, -0.05) is 17.7 Å². The topological polar surface area (TPSA) is 29.5 Å². The molecule has 106 valence electrons. The summed E-state index contributed by atoms with van der Waals surface area (Å²) < 4.78 is 19.6. The van der Waals surface area contributed by atoms with Gasteiger partial charge in [-0.15, -0.1) is 0 Å². The first-order valence-corrected chi connectivity index (χ1v) is 6.68. The Kier molecular flexibility index (Phi) is 4.31. The molecule has 0 aliphatic rings. The fourth-order valence-electron chi connectivity index (χ4n) is 2.03. The van der Waals surface area contributed by atoms with Crippen molar-refractivity contribution in [3.05, 3.63) is 57.9 Å². The summed E-state index contributed by atoms with van der Waals surface area (Å²) in [5.41, 5.74) is 2.20. The fourth-order valence-corrected chi connectivity index (χ4v) is 2.36. The Morgan fingerprint density at radius 3 is 2.25 bits per heavy atom. The van der Waals surface area contributed by atoms with Gasteiger partial charge in [-0.05, 0) is 61.7 Å². The van der Waals surface area contributed by atoms with Gasteiger partial charge in [0.15, 0.2) is 11.6 Å². The second kappa shape index (κ2) is 5.81. The first kappa shape index (κ1) is 14.8. The molecule has 0 aliphatic carbocycles. The van der Waals surface area contributed by atoms with E-state index in [1.165, 1.54) is 12.1 Å². The van der Waals surface area contributed by atoms with Crippen molar-refractivity contribution in [1.82, 2.24) is 0 Å². The van der Waals surface area contributed by atoms with Crippen molar-refractivity contribution in [2.24, 2.45) is 0 Å². The van der Waals surface area contributed by atoms with Crippen LogP contribution < -0.4 is 4.74 Å². The molecule has 20 heavy (non-hydrogen) atoms. The molecule has 2 aromatic rings. The third kappa shape index (κ3) is 3.11. The number of aryl methyl sites for hydroxylation is 2. The lowest BCUT2D eigenvalue weighted by molar-refractivity contribution is 0.198.